The van der Waals surface area contributed by atoms with Crippen molar-refractivity contribution in [2.75, 3.05) is 6.61 Å². The van der Waals surface area contributed by atoms with E-state index in [1.54, 1.807) is 12.1 Å². The number of carbonyl (C=O) groups excluding carboxylic acids is 1. The standard InChI is InChI=1S/C23H19NO5/c25-20-12-6-5-11-18(20)21(22(26)27)24-23(28)29-13-19-16-9-3-1-7-14(16)15-8-2-4-10-17(15)19/h1-12,19,21,25H,13H2,(H,24,28)(H,26,27)/t21-/m0/s1. The lowest BCUT2D eigenvalue weighted by atomic mass is 9.98. The third-order valence-corrected chi connectivity index (χ3v) is 5.10. The van der Waals surface area contributed by atoms with Gasteiger partial charge in [-0.3, -0.25) is 0 Å². The molecule has 0 bridgehead atoms. The molecule has 6 heteroatoms. The van der Waals surface area contributed by atoms with Gasteiger partial charge in [0.15, 0.2) is 6.04 Å². The highest BCUT2D eigenvalue weighted by atomic mass is 16.5. The molecule has 0 fully saturated rings. The Morgan fingerprint density at radius 3 is 2.03 bits per heavy atom. The largest absolute Gasteiger partial charge is 0.508 e. The molecular weight excluding hydrogens is 370 g/mol. The smallest absolute Gasteiger partial charge is 0.408 e. The molecule has 3 aromatic carbocycles. The van der Waals surface area contributed by atoms with Crippen LogP contribution in [0.2, 0.25) is 0 Å². The SMILES string of the molecule is O=C(N[C@H](C(=O)O)c1ccccc1O)OCC1c2ccccc2-c2ccccc21. The van der Waals surface area contributed by atoms with Crippen molar-refractivity contribution in [1.82, 2.24) is 5.32 Å². The Morgan fingerprint density at radius 1 is 0.897 bits per heavy atom. The monoisotopic (exact) mass is 389 g/mol. The summed E-state index contributed by atoms with van der Waals surface area (Å²) in [5, 5.41) is 21.7. The number of alkyl carbamates (subject to hydrolysis) is 1. The maximum Gasteiger partial charge on any atom is 0.408 e. The van der Waals surface area contributed by atoms with Gasteiger partial charge in [-0.05, 0) is 28.3 Å². The first-order valence-corrected chi connectivity index (χ1v) is 9.18. The number of nitrogens with one attached hydrogen (secondary N) is 1. The fourth-order valence-electron chi connectivity index (χ4n) is 3.76. The van der Waals surface area contributed by atoms with Gasteiger partial charge in [0.25, 0.3) is 0 Å². The number of fused-ring (bicyclic) bond motifs is 3. The number of carboxylic acid groups (broad SMARTS) is 1. The zero-order chi connectivity index (χ0) is 20.4. The third kappa shape index (κ3) is 3.52. The Balaban J connectivity index is 1.50. The third-order valence-electron chi connectivity index (χ3n) is 5.10. The van der Waals surface area contributed by atoms with Crippen molar-refractivity contribution < 1.29 is 24.5 Å². The van der Waals surface area contributed by atoms with Crippen LogP contribution in [0.3, 0.4) is 0 Å². The fourth-order valence-corrected chi connectivity index (χ4v) is 3.76. The molecule has 0 saturated heterocycles. The molecule has 1 aliphatic carbocycles. The summed E-state index contributed by atoms with van der Waals surface area (Å²) in [6.07, 6.45) is -0.859. The zero-order valence-corrected chi connectivity index (χ0v) is 15.4. The number of phenolic OH excluding ortho intramolecular Hbond substituents is 1. The van der Waals surface area contributed by atoms with Crippen molar-refractivity contribution in [1.29, 1.82) is 0 Å². The Hall–Kier alpha value is -3.80. The summed E-state index contributed by atoms with van der Waals surface area (Å²) in [7, 11) is 0. The molecule has 0 saturated carbocycles. The molecule has 1 amide bonds. The normalized spacial score (nSPS) is 13.2. The fraction of sp³-hybridized carbons (Fsp3) is 0.130. The molecule has 1 atom stereocenters. The van der Waals surface area contributed by atoms with Gasteiger partial charge in [0, 0.05) is 11.5 Å². The number of hydrogen-bond donors (Lipinski definition) is 3. The summed E-state index contributed by atoms with van der Waals surface area (Å²) in [6.45, 7) is 0.0764. The van der Waals surface area contributed by atoms with Gasteiger partial charge in [0.05, 0.1) is 0 Å². The number of hydrogen-bond acceptors (Lipinski definition) is 4. The molecule has 3 N–H and O–H groups in total. The molecular formula is C23H19NO5. The Labute approximate surface area is 167 Å². The average molecular weight is 389 g/mol. The second-order valence-electron chi connectivity index (χ2n) is 6.80. The van der Waals surface area contributed by atoms with Crippen LogP contribution < -0.4 is 5.32 Å². The number of amides is 1. The molecule has 1 aliphatic rings. The van der Waals surface area contributed by atoms with Crippen LogP contribution in [0.4, 0.5) is 4.79 Å². The number of para-hydroxylation sites is 1. The van der Waals surface area contributed by atoms with Gasteiger partial charge in [-0.25, -0.2) is 9.59 Å². The van der Waals surface area contributed by atoms with Gasteiger partial charge in [0.2, 0.25) is 0 Å². The minimum absolute atomic E-state index is 0.0764. The van der Waals surface area contributed by atoms with Crippen molar-refractivity contribution in [3.8, 4) is 16.9 Å². The number of aromatic hydroxyl groups is 1. The maximum absolute atomic E-state index is 12.3. The molecule has 29 heavy (non-hydrogen) atoms. The molecule has 0 aliphatic heterocycles. The highest BCUT2D eigenvalue weighted by Crippen LogP contribution is 2.44. The summed E-state index contributed by atoms with van der Waals surface area (Å²) in [6, 6.07) is 20.5. The minimum atomic E-state index is -1.41. The summed E-state index contributed by atoms with van der Waals surface area (Å²) in [5.74, 6) is -1.62. The number of aliphatic carboxylic acids is 1. The highest BCUT2D eigenvalue weighted by Gasteiger charge is 2.30. The quantitative estimate of drug-likeness (QED) is 0.612. The van der Waals surface area contributed by atoms with Crippen LogP contribution >= 0.6 is 0 Å². The van der Waals surface area contributed by atoms with Gasteiger partial charge in [-0.15, -0.1) is 0 Å². The average Bonchev–Trinajstić information content (AvgIpc) is 3.05. The van der Waals surface area contributed by atoms with E-state index in [1.807, 2.05) is 48.5 Å². The van der Waals surface area contributed by atoms with Crippen LogP contribution in [0.1, 0.15) is 28.7 Å². The van der Waals surface area contributed by atoms with Gasteiger partial charge in [-0.1, -0.05) is 66.7 Å². The van der Waals surface area contributed by atoms with E-state index in [0.29, 0.717) is 0 Å². The number of phenols is 1. The van der Waals surface area contributed by atoms with Gasteiger partial charge in [0.1, 0.15) is 12.4 Å². The van der Waals surface area contributed by atoms with E-state index >= 15 is 0 Å². The molecule has 6 nitrogen and oxygen atoms in total. The first-order valence-electron chi connectivity index (χ1n) is 9.18. The molecule has 4 rings (SSSR count). The predicted molar refractivity (Wildman–Crippen MR) is 107 cm³/mol. The van der Waals surface area contributed by atoms with Crippen LogP contribution in [-0.4, -0.2) is 28.9 Å². The Morgan fingerprint density at radius 2 is 1.45 bits per heavy atom. The molecule has 0 unspecified atom stereocenters. The van der Waals surface area contributed by atoms with Crippen LogP contribution in [0.25, 0.3) is 11.1 Å². The van der Waals surface area contributed by atoms with Gasteiger partial charge < -0.3 is 20.3 Å². The van der Waals surface area contributed by atoms with Crippen molar-refractivity contribution in [2.24, 2.45) is 0 Å². The maximum atomic E-state index is 12.3. The molecule has 146 valence electrons. The minimum Gasteiger partial charge on any atom is -0.508 e. The lowest BCUT2D eigenvalue weighted by Gasteiger charge is -2.18. The van der Waals surface area contributed by atoms with Gasteiger partial charge >= 0.3 is 12.1 Å². The van der Waals surface area contributed by atoms with Crippen LogP contribution in [0.5, 0.6) is 5.75 Å². The van der Waals surface area contributed by atoms with Gasteiger partial charge in [-0.2, -0.15) is 0 Å². The molecule has 0 heterocycles. The number of ether oxygens (including phenoxy) is 1. The predicted octanol–water partition coefficient (Wildman–Crippen LogP) is 4.06. The lowest BCUT2D eigenvalue weighted by molar-refractivity contribution is -0.139. The molecule has 0 radical (unpaired) electrons. The second-order valence-corrected chi connectivity index (χ2v) is 6.80. The second kappa shape index (κ2) is 7.67. The summed E-state index contributed by atoms with van der Waals surface area (Å²) in [5.41, 5.74) is 4.44. The first-order chi connectivity index (χ1) is 14.1. The van der Waals surface area contributed by atoms with E-state index in [0.717, 1.165) is 22.3 Å². The van der Waals surface area contributed by atoms with E-state index in [4.69, 9.17) is 4.74 Å². The summed E-state index contributed by atoms with van der Waals surface area (Å²) in [4.78, 5) is 23.9. The number of carbonyl (C=O) groups is 2. The van der Waals surface area contributed by atoms with Crippen LogP contribution in [0.15, 0.2) is 72.8 Å². The van der Waals surface area contributed by atoms with Crippen molar-refractivity contribution >= 4 is 12.1 Å². The Kier molecular flexibility index (Phi) is 4.91. The molecule has 0 spiro atoms. The lowest BCUT2D eigenvalue weighted by Crippen LogP contribution is -2.34. The van der Waals surface area contributed by atoms with Crippen LogP contribution in [0, 0.1) is 0 Å². The van der Waals surface area contributed by atoms with E-state index in [1.165, 1.54) is 12.1 Å². The highest BCUT2D eigenvalue weighted by molar-refractivity contribution is 5.82. The van der Waals surface area contributed by atoms with E-state index in [9.17, 15) is 19.8 Å². The Bertz CT molecular complexity index is 1030. The van der Waals surface area contributed by atoms with Crippen LogP contribution in [-0.2, 0) is 9.53 Å². The van der Waals surface area contributed by atoms with Crippen molar-refractivity contribution in [3.05, 3.63) is 89.5 Å². The van der Waals surface area contributed by atoms with E-state index < -0.39 is 18.1 Å². The summed E-state index contributed by atoms with van der Waals surface area (Å²) < 4.78 is 5.39. The zero-order valence-electron chi connectivity index (χ0n) is 15.4. The number of rotatable bonds is 5. The number of carboxylic acids is 1. The van der Waals surface area contributed by atoms with E-state index in [-0.39, 0.29) is 23.8 Å². The topological polar surface area (TPSA) is 95.9 Å². The number of benzene rings is 3. The molecule has 0 aromatic heterocycles. The van der Waals surface area contributed by atoms with Crippen molar-refractivity contribution in [2.45, 2.75) is 12.0 Å². The van der Waals surface area contributed by atoms with Crippen molar-refractivity contribution in [3.63, 3.8) is 0 Å². The first kappa shape index (κ1) is 18.6. The molecule has 3 aromatic rings. The summed E-state index contributed by atoms with van der Waals surface area (Å²) >= 11 is 0. The van der Waals surface area contributed by atoms with E-state index in [2.05, 4.69) is 5.32 Å².